The van der Waals surface area contributed by atoms with E-state index >= 15 is 0 Å². The van der Waals surface area contributed by atoms with Crippen LogP contribution >= 0.6 is 0 Å². The summed E-state index contributed by atoms with van der Waals surface area (Å²) in [6.07, 6.45) is 0.869. The molecule has 10 nitrogen and oxygen atoms in total. The summed E-state index contributed by atoms with van der Waals surface area (Å²) >= 11 is 0. The Morgan fingerprint density at radius 3 is 2.61 bits per heavy atom. The van der Waals surface area contributed by atoms with Gasteiger partial charge in [0.25, 0.3) is 5.91 Å². The predicted octanol–water partition coefficient (Wildman–Crippen LogP) is -0.429. The molecular formula is C21H31N3O7. The van der Waals surface area contributed by atoms with Crippen molar-refractivity contribution in [3.8, 4) is 5.75 Å². The van der Waals surface area contributed by atoms with E-state index in [-0.39, 0.29) is 18.6 Å². The van der Waals surface area contributed by atoms with E-state index in [2.05, 4.69) is 10.6 Å². The van der Waals surface area contributed by atoms with Gasteiger partial charge in [0.05, 0.1) is 6.04 Å². The zero-order valence-electron chi connectivity index (χ0n) is 17.6. The largest absolute Gasteiger partial charge is 0.484 e. The summed E-state index contributed by atoms with van der Waals surface area (Å²) in [6.45, 7) is 1.99. The van der Waals surface area contributed by atoms with Crippen molar-refractivity contribution in [2.45, 2.75) is 56.9 Å². The van der Waals surface area contributed by atoms with E-state index in [1.165, 1.54) is 6.92 Å². The molecule has 31 heavy (non-hydrogen) atoms. The lowest BCUT2D eigenvalue weighted by atomic mass is 10.0. The smallest absolute Gasteiger partial charge is 0.320 e. The number of nitrogens with two attached hydrogens (primary N) is 1. The number of benzene rings is 1. The summed E-state index contributed by atoms with van der Waals surface area (Å²) in [5, 5.41) is 24.5. The SMILES string of the molecule is CC(=O)O[C@@H]1[C@@H](O)CN[C@@H]1Cc1ccc(OCC(=O)NCCCC[C@H](N)C(=O)O)cc1. The van der Waals surface area contributed by atoms with Gasteiger partial charge in [-0.15, -0.1) is 0 Å². The third-order valence-electron chi connectivity index (χ3n) is 5.00. The van der Waals surface area contributed by atoms with Gasteiger partial charge in [-0.2, -0.15) is 0 Å². The molecule has 0 bridgehead atoms. The number of aliphatic hydroxyl groups excluding tert-OH is 1. The Bertz CT molecular complexity index is 741. The zero-order chi connectivity index (χ0) is 22.8. The fourth-order valence-corrected chi connectivity index (χ4v) is 3.33. The number of carbonyl (C=O) groups excluding carboxylic acids is 2. The minimum absolute atomic E-state index is 0.126. The molecule has 1 aliphatic rings. The molecule has 0 aromatic heterocycles. The lowest BCUT2D eigenvalue weighted by Crippen LogP contribution is -2.38. The average molecular weight is 437 g/mol. The first kappa shape index (κ1) is 24.6. The van der Waals surface area contributed by atoms with Crippen LogP contribution in [0.15, 0.2) is 24.3 Å². The van der Waals surface area contributed by atoms with Crippen LogP contribution in [0.3, 0.4) is 0 Å². The molecule has 172 valence electrons. The van der Waals surface area contributed by atoms with Gasteiger partial charge in [-0.05, 0) is 43.4 Å². The van der Waals surface area contributed by atoms with Crippen LogP contribution in [0.1, 0.15) is 31.7 Å². The lowest BCUT2D eigenvalue weighted by Gasteiger charge is -2.21. The second-order valence-corrected chi connectivity index (χ2v) is 7.58. The second-order valence-electron chi connectivity index (χ2n) is 7.58. The molecule has 6 N–H and O–H groups in total. The monoisotopic (exact) mass is 437 g/mol. The van der Waals surface area contributed by atoms with Crippen LogP contribution in [0.25, 0.3) is 0 Å². The molecule has 0 aliphatic carbocycles. The Morgan fingerprint density at radius 1 is 1.26 bits per heavy atom. The third-order valence-corrected chi connectivity index (χ3v) is 5.00. The molecule has 0 saturated carbocycles. The number of ether oxygens (including phenoxy) is 2. The fourth-order valence-electron chi connectivity index (χ4n) is 3.33. The molecule has 0 unspecified atom stereocenters. The van der Waals surface area contributed by atoms with Gasteiger partial charge in [-0.3, -0.25) is 14.4 Å². The lowest BCUT2D eigenvalue weighted by molar-refractivity contribution is -0.151. The summed E-state index contributed by atoms with van der Waals surface area (Å²) in [6, 6.07) is 6.17. The molecule has 1 aromatic rings. The Labute approximate surface area is 181 Å². The number of hydrogen-bond donors (Lipinski definition) is 5. The van der Waals surface area contributed by atoms with E-state index < -0.39 is 30.2 Å². The molecule has 1 amide bonds. The van der Waals surface area contributed by atoms with Crippen molar-refractivity contribution in [1.29, 1.82) is 0 Å². The van der Waals surface area contributed by atoms with Crippen LogP contribution in [0.5, 0.6) is 5.75 Å². The number of carboxylic acids is 1. The minimum atomic E-state index is -1.02. The second kappa shape index (κ2) is 12.2. The van der Waals surface area contributed by atoms with Crippen molar-refractivity contribution in [3.63, 3.8) is 0 Å². The van der Waals surface area contributed by atoms with E-state index in [1.807, 2.05) is 12.1 Å². The van der Waals surface area contributed by atoms with Crippen molar-refractivity contribution in [2.75, 3.05) is 19.7 Å². The van der Waals surface area contributed by atoms with E-state index in [0.29, 0.717) is 44.5 Å². The van der Waals surface area contributed by atoms with Gasteiger partial charge in [0.15, 0.2) is 6.61 Å². The van der Waals surface area contributed by atoms with E-state index in [1.54, 1.807) is 12.1 Å². The summed E-state index contributed by atoms with van der Waals surface area (Å²) in [5.74, 6) is -1.17. The molecule has 1 aromatic carbocycles. The molecule has 4 atom stereocenters. The maximum absolute atomic E-state index is 11.8. The number of hydrogen-bond acceptors (Lipinski definition) is 8. The summed E-state index contributed by atoms with van der Waals surface area (Å²) in [5.41, 5.74) is 6.39. The molecule has 1 saturated heterocycles. The number of esters is 1. The van der Waals surface area contributed by atoms with Gasteiger partial charge in [-0.25, -0.2) is 0 Å². The number of rotatable bonds is 12. The Hall–Kier alpha value is -2.69. The van der Waals surface area contributed by atoms with Crippen LogP contribution < -0.4 is 21.1 Å². The van der Waals surface area contributed by atoms with Gasteiger partial charge < -0.3 is 36.1 Å². The fraction of sp³-hybridized carbons (Fsp3) is 0.571. The van der Waals surface area contributed by atoms with Gasteiger partial charge in [0.1, 0.15) is 24.0 Å². The standard InChI is InChI=1S/C21H31N3O7/c1-13(25)31-20-17(24-11-18(20)26)10-14-5-7-15(8-6-14)30-12-19(27)23-9-3-2-4-16(22)21(28)29/h5-8,16-18,20,24,26H,2-4,9-12,22H2,1H3,(H,23,27)(H,28,29)/t16-,17+,18-,20-/m0/s1. The van der Waals surface area contributed by atoms with Crippen molar-refractivity contribution < 1.29 is 34.1 Å². The number of aliphatic hydroxyl groups is 1. The topological polar surface area (TPSA) is 160 Å². The number of β-amino-alcohol motifs (C(OH)–C–C–N with tert-alkyl or cyclic N) is 1. The van der Waals surface area contributed by atoms with Crippen LogP contribution in [-0.4, -0.2) is 72.0 Å². The van der Waals surface area contributed by atoms with E-state index in [4.69, 9.17) is 20.3 Å². The molecule has 1 aliphatic heterocycles. The normalized spacial score (nSPS) is 21.3. The summed E-state index contributed by atoms with van der Waals surface area (Å²) in [7, 11) is 0. The number of unbranched alkanes of at least 4 members (excludes halogenated alkanes) is 1. The Morgan fingerprint density at radius 2 is 1.97 bits per heavy atom. The number of nitrogens with one attached hydrogen (secondary N) is 2. The van der Waals surface area contributed by atoms with E-state index in [9.17, 15) is 19.5 Å². The third kappa shape index (κ3) is 8.52. The highest BCUT2D eigenvalue weighted by Gasteiger charge is 2.37. The van der Waals surface area contributed by atoms with Crippen molar-refractivity contribution in [2.24, 2.45) is 5.73 Å². The van der Waals surface area contributed by atoms with Gasteiger partial charge in [0.2, 0.25) is 0 Å². The number of carbonyl (C=O) groups is 3. The van der Waals surface area contributed by atoms with Crippen LogP contribution in [0, 0.1) is 0 Å². The number of carboxylic acid groups (broad SMARTS) is 1. The van der Waals surface area contributed by atoms with Crippen molar-refractivity contribution in [3.05, 3.63) is 29.8 Å². The average Bonchev–Trinajstić information content (AvgIpc) is 3.05. The quantitative estimate of drug-likeness (QED) is 0.216. The highest BCUT2D eigenvalue weighted by atomic mass is 16.6. The highest BCUT2D eigenvalue weighted by Crippen LogP contribution is 2.19. The first-order valence-electron chi connectivity index (χ1n) is 10.3. The molecule has 0 radical (unpaired) electrons. The minimum Gasteiger partial charge on any atom is -0.484 e. The molecule has 1 heterocycles. The first-order valence-corrected chi connectivity index (χ1v) is 10.3. The van der Waals surface area contributed by atoms with Gasteiger partial charge >= 0.3 is 11.9 Å². The van der Waals surface area contributed by atoms with Crippen molar-refractivity contribution in [1.82, 2.24) is 10.6 Å². The zero-order valence-corrected chi connectivity index (χ0v) is 17.6. The first-order chi connectivity index (χ1) is 14.8. The maximum Gasteiger partial charge on any atom is 0.320 e. The van der Waals surface area contributed by atoms with Gasteiger partial charge in [0, 0.05) is 20.0 Å². The van der Waals surface area contributed by atoms with Crippen molar-refractivity contribution >= 4 is 17.8 Å². The molecule has 2 rings (SSSR count). The number of aliphatic carboxylic acids is 1. The van der Waals surface area contributed by atoms with Gasteiger partial charge in [-0.1, -0.05) is 12.1 Å². The molecule has 10 heteroatoms. The molecule has 0 spiro atoms. The Balaban J connectivity index is 1.68. The Kier molecular flexibility index (Phi) is 9.70. The van der Waals surface area contributed by atoms with E-state index in [0.717, 1.165) is 5.56 Å². The summed E-state index contributed by atoms with van der Waals surface area (Å²) < 4.78 is 10.7. The highest BCUT2D eigenvalue weighted by molar-refractivity contribution is 5.77. The van der Waals surface area contributed by atoms with Crippen LogP contribution in [-0.2, 0) is 25.5 Å². The molecular weight excluding hydrogens is 406 g/mol. The summed E-state index contributed by atoms with van der Waals surface area (Å²) in [4.78, 5) is 33.7. The number of amides is 1. The van der Waals surface area contributed by atoms with Crippen LogP contribution in [0.2, 0.25) is 0 Å². The van der Waals surface area contributed by atoms with Crippen LogP contribution in [0.4, 0.5) is 0 Å². The predicted molar refractivity (Wildman–Crippen MR) is 111 cm³/mol. The maximum atomic E-state index is 11.8. The molecule has 1 fully saturated rings.